The molecule has 31 heavy (non-hydrogen) atoms. The van der Waals surface area contributed by atoms with Crippen LogP contribution in [0, 0.1) is 0 Å². The monoisotopic (exact) mass is 428 g/mol. The molecule has 3 aromatic rings. The number of carbonyl (C=O) groups is 1. The van der Waals surface area contributed by atoms with Crippen molar-refractivity contribution in [1.29, 1.82) is 0 Å². The van der Waals surface area contributed by atoms with Crippen molar-refractivity contribution >= 4 is 28.1 Å². The minimum atomic E-state index is -4.49. The third-order valence-electron chi connectivity index (χ3n) is 5.40. The van der Waals surface area contributed by atoms with Crippen molar-refractivity contribution in [2.45, 2.75) is 25.4 Å². The fourth-order valence-electron chi connectivity index (χ4n) is 3.87. The smallest absolute Gasteiger partial charge is 0.416 e. The van der Waals surface area contributed by atoms with Gasteiger partial charge < -0.3 is 15.0 Å². The summed E-state index contributed by atoms with van der Waals surface area (Å²) < 4.78 is 45.4. The van der Waals surface area contributed by atoms with Gasteiger partial charge in [0.15, 0.2) is 6.61 Å². The Hall–Kier alpha value is -3.22. The average molecular weight is 428 g/mol. The quantitative estimate of drug-likeness (QED) is 0.553. The molecule has 0 spiro atoms. The Morgan fingerprint density at radius 3 is 2.48 bits per heavy atom. The number of ether oxygens (including phenoxy) is 1. The highest BCUT2D eigenvalue weighted by Gasteiger charge is 2.32. The van der Waals surface area contributed by atoms with Crippen LogP contribution < -0.4 is 15.0 Å². The summed E-state index contributed by atoms with van der Waals surface area (Å²) in [5.41, 5.74) is -0.0343. The molecule has 7 heteroatoms. The molecule has 1 saturated heterocycles. The molecule has 1 fully saturated rings. The van der Waals surface area contributed by atoms with E-state index < -0.39 is 17.6 Å². The highest BCUT2D eigenvalue weighted by Crippen LogP contribution is 2.36. The van der Waals surface area contributed by atoms with Crippen LogP contribution >= 0.6 is 0 Å². The number of alkyl halides is 3. The molecule has 162 valence electrons. The molecule has 0 unspecified atom stereocenters. The Morgan fingerprint density at radius 2 is 1.71 bits per heavy atom. The van der Waals surface area contributed by atoms with Crippen LogP contribution in [0.15, 0.2) is 60.7 Å². The fraction of sp³-hybridized carbons (Fsp3) is 0.292. The highest BCUT2D eigenvalue weighted by atomic mass is 19.4. The van der Waals surface area contributed by atoms with Gasteiger partial charge in [0.1, 0.15) is 5.75 Å². The van der Waals surface area contributed by atoms with E-state index in [1.54, 1.807) is 6.07 Å². The lowest BCUT2D eigenvalue weighted by atomic mass is 10.1. The van der Waals surface area contributed by atoms with Crippen molar-refractivity contribution in [1.82, 2.24) is 0 Å². The van der Waals surface area contributed by atoms with Crippen molar-refractivity contribution in [3.63, 3.8) is 0 Å². The number of benzene rings is 3. The summed E-state index contributed by atoms with van der Waals surface area (Å²) in [5.74, 6) is 0.0408. The molecular formula is C24H23F3N2O2. The van der Waals surface area contributed by atoms with Crippen LogP contribution in [0.4, 0.5) is 24.5 Å². The SMILES string of the molecule is O=C(COc1cccc2ccccc12)Nc1cc(C(F)(F)F)ccc1N1CCCCC1. The van der Waals surface area contributed by atoms with Gasteiger partial charge in [0, 0.05) is 18.5 Å². The second-order valence-electron chi connectivity index (χ2n) is 7.59. The van der Waals surface area contributed by atoms with E-state index in [0.29, 0.717) is 11.4 Å². The first-order valence-electron chi connectivity index (χ1n) is 10.3. The van der Waals surface area contributed by atoms with E-state index >= 15 is 0 Å². The van der Waals surface area contributed by atoms with Crippen molar-refractivity contribution in [3.8, 4) is 5.75 Å². The first-order chi connectivity index (χ1) is 14.9. The van der Waals surface area contributed by atoms with Gasteiger partial charge in [-0.15, -0.1) is 0 Å². The van der Waals surface area contributed by atoms with Crippen LogP contribution in [-0.4, -0.2) is 25.6 Å². The first kappa shape index (κ1) is 21.0. The van der Waals surface area contributed by atoms with Gasteiger partial charge in [0.25, 0.3) is 5.91 Å². The maximum Gasteiger partial charge on any atom is 0.416 e. The van der Waals surface area contributed by atoms with E-state index in [1.165, 1.54) is 6.07 Å². The number of carbonyl (C=O) groups excluding carboxylic acids is 1. The second kappa shape index (κ2) is 8.88. The normalized spacial score (nSPS) is 14.5. The second-order valence-corrected chi connectivity index (χ2v) is 7.59. The molecule has 3 aromatic carbocycles. The summed E-state index contributed by atoms with van der Waals surface area (Å²) in [7, 11) is 0. The summed E-state index contributed by atoms with van der Waals surface area (Å²) in [6.07, 6.45) is -1.45. The van der Waals surface area contributed by atoms with Gasteiger partial charge in [-0.2, -0.15) is 13.2 Å². The Balaban J connectivity index is 1.53. The summed E-state index contributed by atoms with van der Waals surface area (Å²) in [6, 6.07) is 16.7. The number of anilines is 2. The molecule has 0 aliphatic carbocycles. The molecule has 1 heterocycles. The molecular weight excluding hydrogens is 405 g/mol. The summed E-state index contributed by atoms with van der Waals surface area (Å²) in [6.45, 7) is 1.20. The van der Waals surface area contributed by atoms with Crippen molar-refractivity contribution in [2.24, 2.45) is 0 Å². The van der Waals surface area contributed by atoms with E-state index in [1.807, 2.05) is 41.3 Å². The van der Waals surface area contributed by atoms with Gasteiger partial charge in [-0.3, -0.25) is 4.79 Å². The molecule has 0 atom stereocenters. The molecule has 1 aliphatic rings. The van der Waals surface area contributed by atoms with Gasteiger partial charge in [-0.25, -0.2) is 0 Å². The van der Waals surface area contributed by atoms with Gasteiger partial charge in [-0.05, 0) is 48.9 Å². The number of nitrogens with one attached hydrogen (secondary N) is 1. The lowest BCUT2D eigenvalue weighted by Gasteiger charge is -2.31. The summed E-state index contributed by atoms with van der Waals surface area (Å²) >= 11 is 0. The molecule has 0 saturated carbocycles. The van der Waals surface area contributed by atoms with E-state index in [-0.39, 0.29) is 12.3 Å². The topological polar surface area (TPSA) is 41.6 Å². The number of hydrogen-bond acceptors (Lipinski definition) is 3. The standard InChI is InChI=1S/C24H23F3N2O2/c25-24(26,27)18-11-12-21(29-13-4-1-5-14-29)20(15-18)28-23(30)16-31-22-10-6-8-17-7-2-3-9-19(17)22/h2-3,6-12,15H,1,4-5,13-14,16H2,(H,28,30). The molecule has 0 radical (unpaired) electrons. The number of hydrogen-bond donors (Lipinski definition) is 1. The van der Waals surface area contributed by atoms with Crippen LogP contribution in [0.5, 0.6) is 5.75 Å². The zero-order valence-corrected chi connectivity index (χ0v) is 16.9. The minimum Gasteiger partial charge on any atom is -0.483 e. The summed E-state index contributed by atoms with van der Waals surface area (Å²) in [4.78, 5) is 14.6. The lowest BCUT2D eigenvalue weighted by Crippen LogP contribution is -2.31. The predicted molar refractivity (Wildman–Crippen MR) is 116 cm³/mol. The van der Waals surface area contributed by atoms with Crippen LogP contribution in [0.2, 0.25) is 0 Å². The highest BCUT2D eigenvalue weighted by molar-refractivity contribution is 5.96. The van der Waals surface area contributed by atoms with E-state index in [4.69, 9.17) is 4.74 Å². The molecule has 4 nitrogen and oxygen atoms in total. The molecule has 0 bridgehead atoms. The summed E-state index contributed by atoms with van der Waals surface area (Å²) in [5, 5.41) is 4.48. The van der Waals surface area contributed by atoms with Gasteiger partial charge in [0.05, 0.1) is 16.9 Å². The average Bonchev–Trinajstić information content (AvgIpc) is 2.77. The first-order valence-corrected chi connectivity index (χ1v) is 10.3. The maximum absolute atomic E-state index is 13.2. The van der Waals surface area contributed by atoms with Crippen LogP contribution in [0.25, 0.3) is 10.8 Å². The van der Waals surface area contributed by atoms with E-state index in [9.17, 15) is 18.0 Å². The van der Waals surface area contributed by atoms with E-state index in [0.717, 1.165) is 55.3 Å². The Morgan fingerprint density at radius 1 is 0.968 bits per heavy atom. The molecule has 1 amide bonds. The van der Waals surface area contributed by atoms with Gasteiger partial charge >= 0.3 is 6.18 Å². The third kappa shape index (κ3) is 4.93. The van der Waals surface area contributed by atoms with Gasteiger partial charge in [0.2, 0.25) is 0 Å². The Kier molecular flexibility index (Phi) is 6.02. The molecule has 1 N–H and O–H groups in total. The third-order valence-corrected chi connectivity index (χ3v) is 5.40. The van der Waals surface area contributed by atoms with Crippen LogP contribution in [0.1, 0.15) is 24.8 Å². The van der Waals surface area contributed by atoms with Crippen LogP contribution in [-0.2, 0) is 11.0 Å². The Labute approximate surface area is 178 Å². The van der Waals surface area contributed by atoms with Crippen LogP contribution in [0.3, 0.4) is 0 Å². The molecule has 0 aromatic heterocycles. The lowest BCUT2D eigenvalue weighted by molar-refractivity contribution is -0.137. The number of halogens is 3. The number of fused-ring (bicyclic) bond motifs is 1. The molecule has 4 rings (SSSR count). The predicted octanol–water partition coefficient (Wildman–Crippen LogP) is 5.87. The largest absolute Gasteiger partial charge is 0.483 e. The fourth-order valence-corrected chi connectivity index (χ4v) is 3.87. The number of piperidine rings is 1. The van der Waals surface area contributed by atoms with Gasteiger partial charge in [-0.1, -0.05) is 36.4 Å². The Bertz CT molecular complexity index is 1070. The van der Waals surface area contributed by atoms with Crippen molar-refractivity contribution in [2.75, 3.05) is 29.9 Å². The van der Waals surface area contributed by atoms with Crippen molar-refractivity contribution in [3.05, 3.63) is 66.2 Å². The van der Waals surface area contributed by atoms with E-state index in [2.05, 4.69) is 5.32 Å². The maximum atomic E-state index is 13.2. The number of rotatable bonds is 5. The number of nitrogens with zero attached hydrogens (tertiary/aromatic N) is 1. The van der Waals surface area contributed by atoms with Crippen molar-refractivity contribution < 1.29 is 22.7 Å². The minimum absolute atomic E-state index is 0.156. The number of amides is 1. The zero-order valence-electron chi connectivity index (χ0n) is 16.9. The molecule has 1 aliphatic heterocycles. The zero-order chi connectivity index (χ0) is 21.8.